The van der Waals surface area contributed by atoms with Crippen LogP contribution in [0.15, 0.2) is 48.5 Å². The van der Waals surface area contributed by atoms with Gasteiger partial charge in [-0.1, -0.05) is 54.4 Å². The third-order valence-corrected chi connectivity index (χ3v) is 5.03. The lowest BCUT2D eigenvalue weighted by molar-refractivity contribution is 0.194. The quantitative estimate of drug-likeness (QED) is 0.886. The second-order valence-corrected chi connectivity index (χ2v) is 6.34. The molecule has 2 N–H and O–H groups in total. The molecule has 3 rings (SSSR count). The number of hydrogen-bond acceptors (Lipinski definition) is 1. The number of hydrogen-bond donors (Lipinski definition) is 1. The highest BCUT2D eigenvalue weighted by atomic mass is 35.5. The van der Waals surface area contributed by atoms with E-state index in [-0.39, 0.29) is 22.3 Å². The summed E-state index contributed by atoms with van der Waals surface area (Å²) < 4.78 is 13.2. The molecule has 1 unspecified atom stereocenters. The number of benzene rings is 2. The van der Waals surface area contributed by atoms with Crippen LogP contribution in [0, 0.1) is 5.82 Å². The Balaban J connectivity index is 1.83. The Kier molecular flexibility index (Phi) is 4.01. The normalized spacial score (nSPS) is 18.0. The molecule has 110 valence electrons. The molecule has 0 spiro atoms. The molecule has 0 amide bonds. The molecular weight excluding hydrogens is 285 g/mol. The maximum absolute atomic E-state index is 13.2. The van der Waals surface area contributed by atoms with Gasteiger partial charge in [0.2, 0.25) is 0 Å². The molecule has 21 heavy (non-hydrogen) atoms. The molecule has 2 aromatic carbocycles. The van der Waals surface area contributed by atoms with Crippen molar-refractivity contribution in [2.75, 3.05) is 0 Å². The number of nitrogens with two attached hydrogens (primary N) is 1. The minimum atomic E-state index is -0.379. The minimum absolute atomic E-state index is 0.0233. The maximum atomic E-state index is 13.2. The van der Waals surface area contributed by atoms with Crippen LogP contribution in [0.1, 0.15) is 30.4 Å². The minimum Gasteiger partial charge on any atom is -0.327 e. The first kappa shape index (κ1) is 14.6. The summed E-state index contributed by atoms with van der Waals surface area (Å²) in [6, 6.07) is 15.4. The van der Waals surface area contributed by atoms with Gasteiger partial charge in [-0.2, -0.15) is 0 Å². The molecule has 0 aliphatic heterocycles. The van der Waals surface area contributed by atoms with Crippen molar-refractivity contribution in [2.24, 2.45) is 5.73 Å². The average molecular weight is 304 g/mol. The molecule has 1 aliphatic rings. The topological polar surface area (TPSA) is 26.0 Å². The first-order valence-electron chi connectivity index (χ1n) is 7.37. The van der Waals surface area contributed by atoms with Crippen LogP contribution in [-0.2, 0) is 11.8 Å². The van der Waals surface area contributed by atoms with Gasteiger partial charge in [0.1, 0.15) is 5.82 Å². The highest BCUT2D eigenvalue weighted by Gasteiger charge is 2.43. The van der Waals surface area contributed by atoms with E-state index >= 15 is 0 Å². The van der Waals surface area contributed by atoms with Crippen molar-refractivity contribution in [2.45, 2.75) is 37.1 Å². The van der Waals surface area contributed by atoms with Gasteiger partial charge in [-0.15, -0.1) is 0 Å². The van der Waals surface area contributed by atoms with Crippen LogP contribution in [0.25, 0.3) is 0 Å². The Morgan fingerprint density at radius 1 is 1.14 bits per heavy atom. The predicted molar refractivity (Wildman–Crippen MR) is 85.1 cm³/mol. The molecule has 1 atom stereocenters. The molecule has 1 aliphatic carbocycles. The Hall–Kier alpha value is -1.38. The SMILES string of the molecule is NC(Cc1ccc(F)c(Cl)c1)C1(c2ccccc2)CCC1. The maximum Gasteiger partial charge on any atom is 0.141 e. The lowest BCUT2D eigenvalue weighted by Crippen LogP contribution is -2.51. The van der Waals surface area contributed by atoms with Gasteiger partial charge in [0.05, 0.1) is 5.02 Å². The molecule has 1 nitrogen and oxygen atoms in total. The fourth-order valence-electron chi connectivity index (χ4n) is 3.32. The van der Waals surface area contributed by atoms with E-state index in [1.54, 1.807) is 12.1 Å². The Morgan fingerprint density at radius 2 is 1.86 bits per heavy atom. The van der Waals surface area contributed by atoms with E-state index in [2.05, 4.69) is 24.3 Å². The second kappa shape index (κ2) is 5.78. The van der Waals surface area contributed by atoms with Gasteiger partial charge >= 0.3 is 0 Å². The lowest BCUT2D eigenvalue weighted by atomic mass is 9.59. The average Bonchev–Trinajstić information content (AvgIpc) is 2.43. The molecule has 0 radical (unpaired) electrons. The van der Waals surface area contributed by atoms with Crippen molar-refractivity contribution in [3.63, 3.8) is 0 Å². The van der Waals surface area contributed by atoms with E-state index in [0.29, 0.717) is 0 Å². The second-order valence-electron chi connectivity index (χ2n) is 5.93. The first-order valence-corrected chi connectivity index (χ1v) is 7.75. The Bertz CT molecular complexity index is 622. The van der Waals surface area contributed by atoms with Crippen molar-refractivity contribution in [1.29, 1.82) is 0 Å². The van der Waals surface area contributed by atoms with E-state index in [1.165, 1.54) is 18.1 Å². The summed E-state index contributed by atoms with van der Waals surface area (Å²) >= 11 is 5.86. The summed E-state index contributed by atoms with van der Waals surface area (Å²) in [6.07, 6.45) is 4.17. The van der Waals surface area contributed by atoms with Crippen molar-refractivity contribution in [3.05, 3.63) is 70.5 Å². The molecule has 0 bridgehead atoms. The fourth-order valence-corrected chi connectivity index (χ4v) is 3.52. The number of halogens is 2. The van der Waals surface area contributed by atoms with Gasteiger partial charge in [0.15, 0.2) is 0 Å². The van der Waals surface area contributed by atoms with Crippen molar-refractivity contribution >= 4 is 11.6 Å². The summed E-state index contributed by atoms with van der Waals surface area (Å²) in [6.45, 7) is 0. The zero-order valence-corrected chi connectivity index (χ0v) is 12.6. The van der Waals surface area contributed by atoms with Gasteiger partial charge < -0.3 is 5.73 Å². The van der Waals surface area contributed by atoms with Crippen LogP contribution < -0.4 is 5.73 Å². The molecule has 0 aromatic heterocycles. The third kappa shape index (κ3) is 2.70. The number of rotatable bonds is 4. The van der Waals surface area contributed by atoms with E-state index < -0.39 is 0 Å². The molecular formula is C18H19ClFN. The van der Waals surface area contributed by atoms with Crippen LogP contribution in [0.4, 0.5) is 4.39 Å². The van der Waals surface area contributed by atoms with E-state index in [1.807, 2.05) is 6.07 Å². The van der Waals surface area contributed by atoms with Crippen molar-refractivity contribution in [3.8, 4) is 0 Å². The lowest BCUT2D eigenvalue weighted by Gasteiger charge is -2.47. The van der Waals surface area contributed by atoms with Crippen LogP contribution in [0.3, 0.4) is 0 Å². The monoisotopic (exact) mass is 303 g/mol. The summed E-state index contributed by atoms with van der Waals surface area (Å²) in [7, 11) is 0. The zero-order valence-electron chi connectivity index (χ0n) is 11.9. The largest absolute Gasteiger partial charge is 0.327 e. The van der Waals surface area contributed by atoms with Gasteiger partial charge in [-0.25, -0.2) is 4.39 Å². The van der Waals surface area contributed by atoms with Gasteiger partial charge in [-0.3, -0.25) is 0 Å². The fraction of sp³-hybridized carbons (Fsp3) is 0.333. The van der Waals surface area contributed by atoms with E-state index in [0.717, 1.165) is 24.8 Å². The molecule has 3 heteroatoms. The van der Waals surface area contributed by atoms with Crippen LogP contribution in [0.2, 0.25) is 5.02 Å². The van der Waals surface area contributed by atoms with E-state index in [9.17, 15) is 4.39 Å². The Labute approximate surface area is 129 Å². The third-order valence-electron chi connectivity index (χ3n) is 4.74. The molecule has 1 saturated carbocycles. The summed E-state index contributed by atoms with van der Waals surface area (Å²) in [4.78, 5) is 0. The smallest absolute Gasteiger partial charge is 0.141 e. The highest BCUT2D eigenvalue weighted by molar-refractivity contribution is 6.30. The molecule has 1 fully saturated rings. The van der Waals surface area contributed by atoms with Crippen LogP contribution in [0.5, 0.6) is 0 Å². The van der Waals surface area contributed by atoms with Crippen molar-refractivity contribution < 1.29 is 4.39 Å². The molecule has 2 aromatic rings. The van der Waals surface area contributed by atoms with Crippen molar-refractivity contribution in [1.82, 2.24) is 0 Å². The summed E-state index contributed by atoms with van der Waals surface area (Å²) in [5.74, 6) is -0.379. The molecule has 0 heterocycles. The summed E-state index contributed by atoms with van der Waals surface area (Å²) in [5, 5.41) is 0.169. The van der Waals surface area contributed by atoms with Gasteiger partial charge in [0, 0.05) is 11.5 Å². The standard InChI is InChI=1S/C18H19ClFN/c19-15-11-13(7-8-16(15)20)12-17(21)18(9-4-10-18)14-5-2-1-3-6-14/h1-3,5-8,11,17H,4,9-10,12,21H2. The van der Waals surface area contributed by atoms with Crippen LogP contribution >= 0.6 is 11.6 Å². The van der Waals surface area contributed by atoms with Gasteiger partial charge in [0.25, 0.3) is 0 Å². The first-order chi connectivity index (χ1) is 10.1. The zero-order chi connectivity index (χ0) is 14.9. The predicted octanol–water partition coefficient (Wildman–Crippen LogP) is 4.47. The van der Waals surface area contributed by atoms with Gasteiger partial charge in [-0.05, 0) is 42.5 Å². The highest BCUT2D eigenvalue weighted by Crippen LogP contribution is 2.46. The summed E-state index contributed by atoms with van der Waals surface area (Å²) in [5.41, 5.74) is 8.90. The van der Waals surface area contributed by atoms with Crippen LogP contribution in [-0.4, -0.2) is 6.04 Å². The molecule has 0 saturated heterocycles. The Morgan fingerprint density at radius 3 is 2.43 bits per heavy atom. The van der Waals surface area contributed by atoms with E-state index in [4.69, 9.17) is 17.3 Å².